The van der Waals surface area contributed by atoms with Crippen LogP contribution in [0.4, 0.5) is 0 Å². The molecule has 3 heterocycles. The molecule has 0 aliphatic heterocycles. The predicted octanol–water partition coefficient (Wildman–Crippen LogP) is 13.7. The van der Waals surface area contributed by atoms with E-state index in [4.69, 9.17) is 27.3 Å². The van der Waals surface area contributed by atoms with Crippen LogP contribution < -0.4 is 0 Å². The Morgan fingerprint density at radius 3 is 1.95 bits per heavy atom. The summed E-state index contributed by atoms with van der Waals surface area (Å²) in [5.41, 5.74) is 3.31. The highest BCUT2D eigenvalue weighted by atomic mass is 32.1. The maximum Gasteiger partial charge on any atom is 0.165 e. The predicted molar refractivity (Wildman–Crippen MR) is 234 cm³/mol. The molecule has 0 fully saturated rings. The van der Waals surface area contributed by atoms with Gasteiger partial charge in [0.05, 0.1) is 27.5 Å². The molecule has 0 bridgehead atoms. The SMILES string of the molecule is [2H]c1c([2H])c([2H])c(-n2c3c([2H])c([2H])c([2H])c([2H])c3c3c([2H])c(-c4cccc(-c5nc(-c6ccc(-c7ccccc7)cc6)nc(-c6cccc7c6sc6ccccc67)n5)c4)c([2H])c([2H])c32)c([2H])c1[2H]. The highest BCUT2D eigenvalue weighted by molar-refractivity contribution is 7.26. The Morgan fingerprint density at radius 1 is 0.429 bits per heavy atom. The zero-order valence-corrected chi connectivity index (χ0v) is 30.1. The van der Waals surface area contributed by atoms with Crippen LogP contribution in [0, 0.1) is 0 Å². The Hall–Kier alpha value is -7.21. The zero-order chi connectivity index (χ0) is 47.4. The van der Waals surface area contributed by atoms with E-state index in [2.05, 4.69) is 18.2 Å². The summed E-state index contributed by atoms with van der Waals surface area (Å²) in [6, 6.07) is 31.7. The fourth-order valence-corrected chi connectivity index (χ4v) is 8.38. The van der Waals surface area contributed by atoms with E-state index in [1.54, 1.807) is 35.6 Å². The van der Waals surface area contributed by atoms with Crippen LogP contribution in [0.25, 0.3) is 104 Å². The average molecular weight is 745 g/mol. The van der Waals surface area contributed by atoms with Crippen LogP contribution in [0.1, 0.15) is 16.4 Å². The van der Waals surface area contributed by atoms with E-state index in [-0.39, 0.29) is 39.2 Å². The number of fused-ring (bicyclic) bond motifs is 6. The lowest BCUT2D eigenvalue weighted by atomic mass is 10.0. The van der Waals surface area contributed by atoms with Gasteiger partial charge in [0.15, 0.2) is 17.5 Å². The van der Waals surface area contributed by atoms with Gasteiger partial charge in [-0.2, -0.15) is 0 Å². The largest absolute Gasteiger partial charge is 0.309 e. The van der Waals surface area contributed by atoms with E-state index in [1.807, 2.05) is 78.9 Å². The molecule has 0 unspecified atom stereocenters. The van der Waals surface area contributed by atoms with Gasteiger partial charge in [0.2, 0.25) is 0 Å². The van der Waals surface area contributed by atoms with Gasteiger partial charge >= 0.3 is 0 Å². The van der Waals surface area contributed by atoms with E-state index in [1.165, 1.54) is 0 Å². The van der Waals surface area contributed by atoms with E-state index in [9.17, 15) is 4.11 Å². The smallest absolute Gasteiger partial charge is 0.165 e. The van der Waals surface area contributed by atoms with Gasteiger partial charge in [-0.05, 0) is 70.7 Å². The summed E-state index contributed by atoms with van der Waals surface area (Å²) >= 11 is 1.64. The van der Waals surface area contributed by atoms with E-state index < -0.39 is 72.2 Å². The normalized spacial score (nSPS) is 14.6. The van der Waals surface area contributed by atoms with Gasteiger partial charge in [-0.15, -0.1) is 11.3 Å². The molecule has 0 saturated heterocycles. The molecular weight excluding hydrogens is 701 g/mol. The lowest BCUT2D eigenvalue weighted by Crippen LogP contribution is -2.00. The number of benzene rings is 8. The minimum absolute atomic E-state index is 0.0436. The van der Waals surface area contributed by atoms with Crippen LogP contribution in [0.3, 0.4) is 0 Å². The highest BCUT2D eigenvalue weighted by Crippen LogP contribution is 2.40. The maximum absolute atomic E-state index is 9.75. The number of hydrogen-bond donors (Lipinski definition) is 0. The number of nitrogens with zero attached hydrogens (tertiary/aromatic N) is 4. The molecule has 4 nitrogen and oxygen atoms in total. The Bertz CT molecular complexity index is 3920. The van der Waals surface area contributed by atoms with Gasteiger partial charge in [0.1, 0.15) is 0 Å². The number of aromatic nitrogens is 4. The zero-order valence-electron chi connectivity index (χ0n) is 41.2. The van der Waals surface area contributed by atoms with Crippen molar-refractivity contribution in [3.63, 3.8) is 0 Å². The maximum atomic E-state index is 9.75. The molecule has 0 amide bonds. The molecule has 8 aromatic carbocycles. The summed E-state index contributed by atoms with van der Waals surface area (Å²) in [6.45, 7) is 0. The van der Waals surface area contributed by atoms with Crippen molar-refractivity contribution in [2.24, 2.45) is 0 Å². The lowest BCUT2D eigenvalue weighted by molar-refractivity contribution is 1.08. The van der Waals surface area contributed by atoms with E-state index >= 15 is 0 Å². The third kappa shape index (κ3) is 5.48. The van der Waals surface area contributed by atoms with Crippen LogP contribution in [0.5, 0.6) is 0 Å². The molecule has 262 valence electrons. The molecule has 0 aliphatic rings. The molecule has 0 radical (unpaired) electrons. The molecule has 3 aromatic heterocycles. The minimum Gasteiger partial charge on any atom is -0.309 e. The fraction of sp³-hybridized carbons (Fsp3) is 0. The van der Waals surface area contributed by atoms with Gasteiger partial charge in [-0.1, -0.05) is 145 Å². The van der Waals surface area contributed by atoms with E-state index in [0.29, 0.717) is 22.8 Å². The van der Waals surface area contributed by atoms with Gasteiger partial charge in [0, 0.05) is 53.3 Å². The molecule has 56 heavy (non-hydrogen) atoms. The Morgan fingerprint density at radius 2 is 1.07 bits per heavy atom. The summed E-state index contributed by atoms with van der Waals surface area (Å²) in [5.74, 6) is 1.11. The van der Waals surface area contributed by atoms with Crippen LogP contribution in [-0.4, -0.2) is 19.5 Å². The van der Waals surface area contributed by atoms with E-state index in [0.717, 1.165) is 47.0 Å². The quantitative estimate of drug-likeness (QED) is 0.170. The lowest BCUT2D eigenvalue weighted by Gasteiger charge is -2.11. The van der Waals surface area contributed by atoms with Gasteiger partial charge in [-0.3, -0.25) is 0 Å². The molecular formula is C51H32N4S. The molecule has 0 atom stereocenters. The summed E-state index contributed by atoms with van der Waals surface area (Å²) < 4.78 is 110. The second-order valence-electron chi connectivity index (χ2n) is 13.1. The number of para-hydroxylation sites is 2. The summed E-state index contributed by atoms with van der Waals surface area (Å²) in [7, 11) is 0. The van der Waals surface area contributed by atoms with Gasteiger partial charge in [-0.25, -0.2) is 15.0 Å². The van der Waals surface area contributed by atoms with Gasteiger partial charge < -0.3 is 4.57 Å². The Labute approximate surface area is 344 Å². The first kappa shape index (κ1) is 22.2. The standard InChI is InChI=1S/C51H32N4S/c1-3-13-33(14-4-1)34-25-27-35(28-26-34)49-52-50(54-51(53-49)43-22-12-21-42-41-20-8-10-24-47(41)56-48(42)43)38-16-11-15-36(31-38)37-29-30-46-44(32-37)40-19-7-9-23-45(40)55(46)39-17-5-2-6-18-39/h1-32H/i2D,5D,6D,7D,9D,17D,18D,19D,23D,29D,30D,32D. The molecule has 0 saturated carbocycles. The number of hydrogen-bond acceptors (Lipinski definition) is 4. The van der Waals surface area contributed by atoms with Crippen molar-refractivity contribution in [2.45, 2.75) is 0 Å². The van der Waals surface area contributed by atoms with Crippen molar-refractivity contribution in [1.29, 1.82) is 0 Å². The van der Waals surface area contributed by atoms with Crippen molar-refractivity contribution >= 4 is 53.3 Å². The first-order valence-electron chi connectivity index (χ1n) is 23.8. The van der Waals surface area contributed by atoms with Crippen LogP contribution >= 0.6 is 11.3 Å². The molecule has 11 rings (SSSR count). The summed E-state index contributed by atoms with van der Waals surface area (Å²) in [5, 5.41) is 1.82. The van der Waals surface area contributed by atoms with Crippen molar-refractivity contribution in [3.8, 4) is 62.1 Å². The fourth-order valence-electron chi connectivity index (χ4n) is 7.17. The molecule has 5 heteroatoms. The Kier molecular flexibility index (Phi) is 5.27. The molecule has 0 aliphatic carbocycles. The van der Waals surface area contributed by atoms with Crippen molar-refractivity contribution in [2.75, 3.05) is 0 Å². The molecule has 11 aromatic rings. The highest BCUT2D eigenvalue weighted by Gasteiger charge is 2.18. The topological polar surface area (TPSA) is 43.6 Å². The molecule has 0 spiro atoms. The van der Waals surface area contributed by atoms with Crippen molar-refractivity contribution < 1.29 is 16.4 Å². The minimum atomic E-state index is -0.705. The average Bonchev–Trinajstić information content (AvgIpc) is 3.93. The number of thiophene rings is 1. The first-order valence-corrected chi connectivity index (χ1v) is 18.6. The third-order valence-corrected chi connectivity index (χ3v) is 11.0. The van der Waals surface area contributed by atoms with Crippen LogP contribution in [0.15, 0.2) is 194 Å². The summed E-state index contributed by atoms with van der Waals surface area (Å²) in [6.07, 6.45) is 0. The Balaban J connectivity index is 1.14. The second-order valence-corrected chi connectivity index (χ2v) is 14.2. The van der Waals surface area contributed by atoms with Crippen molar-refractivity contribution in [1.82, 2.24) is 19.5 Å². The third-order valence-electron chi connectivity index (χ3n) is 9.81. The summed E-state index contributed by atoms with van der Waals surface area (Å²) in [4.78, 5) is 15.1. The van der Waals surface area contributed by atoms with Gasteiger partial charge in [0.25, 0.3) is 0 Å². The van der Waals surface area contributed by atoms with Crippen LogP contribution in [0.2, 0.25) is 0 Å². The monoisotopic (exact) mass is 744 g/mol. The van der Waals surface area contributed by atoms with Crippen molar-refractivity contribution in [3.05, 3.63) is 194 Å². The number of rotatable bonds is 6. The second kappa shape index (κ2) is 13.3. The van der Waals surface area contributed by atoms with Crippen LogP contribution in [-0.2, 0) is 0 Å². The molecule has 0 N–H and O–H groups in total. The first-order chi connectivity index (χ1) is 32.7.